The average molecular weight is 301 g/mol. The Labute approximate surface area is 111 Å². The molecule has 0 aliphatic heterocycles. The molecule has 0 aliphatic carbocycles. The van der Waals surface area contributed by atoms with Gasteiger partial charge in [0.2, 0.25) is 5.82 Å². The summed E-state index contributed by atoms with van der Waals surface area (Å²) in [4.78, 5) is 11.8. The van der Waals surface area contributed by atoms with E-state index in [-0.39, 0.29) is 6.23 Å². The van der Waals surface area contributed by atoms with Crippen LogP contribution >= 0.6 is 0 Å². The van der Waals surface area contributed by atoms with Crippen molar-refractivity contribution < 1.29 is 37.0 Å². The van der Waals surface area contributed by atoms with Gasteiger partial charge in [-0.3, -0.25) is 4.90 Å². The van der Waals surface area contributed by atoms with Crippen LogP contribution in [0.5, 0.6) is 0 Å². The van der Waals surface area contributed by atoms with Crippen molar-refractivity contribution >= 4 is 5.97 Å². The van der Waals surface area contributed by atoms with Gasteiger partial charge in [-0.2, -0.15) is 0 Å². The Kier molecular flexibility index (Phi) is 6.53. The molecule has 1 atom stereocenters. The predicted molar refractivity (Wildman–Crippen MR) is 58.6 cm³/mol. The van der Waals surface area contributed by atoms with Gasteiger partial charge in [0.25, 0.3) is 0 Å². The zero-order valence-corrected chi connectivity index (χ0v) is 10.7. The maximum Gasteiger partial charge on any atom is 0.341 e. The molecular weight excluding hydrogens is 289 g/mol. The molecule has 0 fully saturated rings. The van der Waals surface area contributed by atoms with E-state index in [0.717, 1.165) is 0 Å². The summed E-state index contributed by atoms with van der Waals surface area (Å²) in [5, 5.41) is 16.7. The van der Waals surface area contributed by atoms with Crippen molar-refractivity contribution in [2.45, 2.75) is 13.2 Å². The van der Waals surface area contributed by atoms with E-state index in [1.807, 2.05) is 14.1 Å². The van der Waals surface area contributed by atoms with E-state index in [9.17, 15) is 26.7 Å². The van der Waals surface area contributed by atoms with Crippen LogP contribution in [0.3, 0.4) is 0 Å². The fourth-order valence-electron chi connectivity index (χ4n) is 0.793. The van der Waals surface area contributed by atoms with E-state index in [1.165, 1.54) is 0 Å². The summed E-state index contributed by atoms with van der Waals surface area (Å²) in [6, 6.07) is 0. The number of aromatic carboxylic acids is 1. The van der Waals surface area contributed by atoms with Crippen molar-refractivity contribution in [3.63, 3.8) is 0 Å². The Morgan fingerprint density at radius 1 is 0.950 bits per heavy atom. The van der Waals surface area contributed by atoms with Gasteiger partial charge in [0.1, 0.15) is 11.8 Å². The first-order valence-electron chi connectivity index (χ1n) is 5.11. The first-order chi connectivity index (χ1) is 9.02. The molecule has 0 bridgehead atoms. The third-order valence-corrected chi connectivity index (χ3v) is 2.17. The molecule has 0 radical (unpaired) electrons. The van der Waals surface area contributed by atoms with Gasteiger partial charge in [0, 0.05) is 0 Å². The van der Waals surface area contributed by atoms with Crippen LogP contribution in [0.15, 0.2) is 0 Å². The van der Waals surface area contributed by atoms with E-state index in [0.29, 0.717) is 0 Å². The van der Waals surface area contributed by atoms with Gasteiger partial charge in [-0.1, -0.05) is 0 Å². The summed E-state index contributed by atoms with van der Waals surface area (Å²) in [5.41, 5.74) is -1.86. The van der Waals surface area contributed by atoms with Crippen LogP contribution in [-0.2, 0) is 0 Å². The van der Waals surface area contributed by atoms with Crippen molar-refractivity contribution in [1.29, 1.82) is 0 Å². The smallest absolute Gasteiger partial charge is 0.341 e. The van der Waals surface area contributed by atoms with Crippen LogP contribution in [0.2, 0.25) is 0 Å². The molecular formula is C11H12F5NO3. The number of aliphatic hydroxyl groups is 1. The number of rotatable bonds is 2. The van der Waals surface area contributed by atoms with Crippen molar-refractivity contribution in [3.8, 4) is 0 Å². The van der Waals surface area contributed by atoms with Gasteiger partial charge < -0.3 is 10.2 Å². The van der Waals surface area contributed by atoms with Crippen molar-refractivity contribution in [2.24, 2.45) is 0 Å². The summed E-state index contributed by atoms with van der Waals surface area (Å²) >= 11 is 0. The standard InChI is InChI=1S/C7HF5O2.C4H11NO/c8-2-1(7(13)14)3(9)5(11)6(12)4(2)10;1-4(6)5(2)3/h(H,13,14);4,6H,1-3H3. The Bertz CT molecular complexity index is 470. The maximum atomic E-state index is 12.6. The normalized spacial score (nSPS) is 11.9. The predicted octanol–water partition coefficient (Wildman–Crippen LogP) is 1.97. The summed E-state index contributed by atoms with van der Waals surface area (Å²) in [5.74, 6) is -13.9. The quantitative estimate of drug-likeness (QED) is 0.379. The topological polar surface area (TPSA) is 60.8 Å². The molecule has 4 nitrogen and oxygen atoms in total. The van der Waals surface area contributed by atoms with Gasteiger partial charge in [-0.05, 0) is 21.0 Å². The van der Waals surface area contributed by atoms with Gasteiger partial charge in [0.15, 0.2) is 23.3 Å². The van der Waals surface area contributed by atoms with Crippen molar-refractivity contribution in [3.05, 3.63) is 34.6 Å². The van der Waals surface area contributed by atoms with Crippen molar-refractivity contribution in [2.75, 3.05) is 14.1 Å². The highest BCUT2D eigenvalue weighted by molar-refractivity contribution is 5.88. The molecule has 1 rings (SSSR count). The third kappa shape index (κ3) is 4.14. The minimum absolute atomic E-state index is 0.315. The fraction of sp³-hybridized carbons (Fsp3) is 0.364. The number of carbonyl (C=O) groups is 1. The second-order valence-electron chi connectivity index (χ2n) is 3.85. The lowest BCUT2D eigenvalue weighted by Gasteiger charge is -2.11. The van der Waals surface area contributed by atoms with Crippen molar-refractivity contribution in [1.82, 2.24) is 4.90 Å². The zero-order valence-electron chi connectivity index (χ0n) is 10.7. The molecule has 2 N–H and O–H groups in total. The van der Waals surface area contributed by atoms with Crippen LogP contribution in [0.25, 0.3) is 0 Å². The number of aliphatic hydroxyl groups excluding tert-OH is 1. The minimum Gasteiger partial charge on any atom is -0.477 e. The molecule has 1 aromatic rings. The third-order valence-electron chi connectivity index (χ3n) is 2.17. The number of hydrogen-bond acceptors (Lipinski definition) is 3. The van der Waals surface area contributed by atoms with Gasteiger partial charge in [0.05, 0.1) is 0 Å². The largest absolute Gasteiger partial charge is 0.477 e. The number of benzene rings is 1. The molecule has 9 heteroatoms. The molecule has 1 aromatic carbocycles. The molecule has 114 valence electrons. The maximum absolute atomic E-state index is 12.6. The lowest BCUT2D eigenvalue weighted by molar-refractivity contribution is 0.0578. The lowest BCUT2D eigenvalue weighted by Crippen LogP contribution is -2.23. The van der Waals surface area contributed by atoms with E-state index < -0.39 is 40.6 Å². The van der Waals surface area contributed by atoms with E-state index >= 15 is 0 Å². The molecule has 0 aliphatic rings. The Hall–Kier alpha value is -1.74. The Morgan fingerprint density at radius 2 is 1.20 bits per heavy atom. The molecule has 0 amide bonds. The Balaban J connectivity index is 0.000000511. The number of carboxylic acid groups (broad SMARTS) is 1. The second-order valence-corrected chi connectivity index (χ2v) is 3.85. The summed E-state index contributed by atoms with van der Waals surface area (Å²) in [6.07, 6.45) is -0.315. The molecule has 0 saturated heterocycles. The molecule has 0 saturated carbocycles. The monoisotopic (exact) mass is 301 g/mol. The fourth-order valence-corrected chi connectivity index (χ4v) is 0.793. The van der Waals surface area contributed by atoms with Crippen LogP contribution in [0.4, 0.5) is 22.0 Å². The van der Waals surface area contributed by atoms with Crippen LogP contribution < -0.4 is 0 Å². The molecule has 0 heterocycles. The summed E-state index contributed by atoms with van der Waals surface area (Å²) < 4.78 is 62.1. The highest BCUT2D eigenvalue weighted by Gasteiger charge is 2.29. The highest BCUT2D eigenvalue weighted by atomic mass is 19.2. The number of hydrogen-bond donors (Lipinski definition) is 2. The Morgan fingerprint density at radius 3 is 1.40 bits per heavy atom. The second kappa shape index (κ2) is 7.15. The molecule has 0 spiro atoms. The molecule has 0 aromatic heterocycles. The SMILES string of the molecule is CC(O)N(C)C.O=C(O)c1c(F)c(F)c(F)c(F)c1F. The zero-order chi connectivity index (χ0) is 16.2. The van der Waals surface area contributed by atoms with E-state index in [1.54, 1.807) is 11.8 Å². The molecule has 1 unspecified atom stereocenters. The number of halogens is 5. The van der Waals surface area contributed by atoms with E-state index in [4.69, 9.17) is 10.2 Å². The van der Waals surface area contributed by atoms with Crippen LogP contribution in [0, 0.1) is 29.1 Å². The highest BCUT2D eigenvalue weighted by Crippen LogP contribution is 2.22. The van der Waals surface area contributed by atoms with Gasteiger partial charge in [-0.15, -0.1) is 0 Å². The van der Waals surface area contributed by atoms with Crippen LogP contribution in [0.1, 0.15) is 17.3 Å². The van der Waals surface area contributed by atoms with Gasteiger partial charge >= 0.3 is 5.97 Å². The minimum atomic E-state index is -2.38. The summed E-state index contributed by atoms with van der Waals surface area (Å²) in [7, 11) is 3.65. The average Bonchev–Trinajstić information content (AvgIpc) is 2.34. The van der Waals surface area contributed by atoms with Gasteiger partial charge in [-0.25, -0.2) is 26.7 Å². The summed E-state index contributed by atoms with van der Waals surface area (Å²) in [6.45, 7) is 1.72. The first-order valence-corrected chi connectivity index (χ1v) is 5.11. The lowest BCUT2D eigenvalue weighted by atomic mass is 10.1. The number of nitrogens with zero attached hydrogens (tertiary/aromatic N) is 1. The molecule has 20 heavy (non-hydrogen) atoms. The number of carboxylic acids is 1. The van der Waals surface area contributed by atoms with E-state index in [2.05, 4.69) is 0 Å². The van der Waals surface area contributed by atoms with Crippen LogP contribution in [-0.4, -0.2) is 41.4 Å². The first kappa shape index (κ1) is 18.3.